The third-order valence-electron chi connectivity index (χ3n) is 2.08. The molecular weight excluding hydrogens is 286 g/mol. The van der Waals surface area contributed by atoms with Gasteiger partial charge in [-0.3, -0.25) is 10.1 Å². The lowest BCUT2D eigenvalue weighted by Gasteiger charge is -2.02. The maximum absolute atomic E-state index is 11.6. The van der Waals surface area contributed by atoms with Crippen LogP contribution in [0.1, 0.15) is 0 Å². The van der Waals surface area contributed by atoms with E-state index in [2.05, 4.69) is 10.2 Å². The van der Waals surface area contributed by atoms with Crippen molar-refractivity contribution in [3.63, 3.8) is 0 Å². The highest BCUT2D eigenvalue weighted by Crippen LogP contribution is 2.29. The lowest BCUT2D eigenvalue weighted by molar-refractivity contribution is -0.385. The predicted octanol–water partition coefficient (Wildman–Crippen LogP) is 1.50. The van der Waals surface area contributed by atoms with Crippen LogP contribution >= 0.6 is 0 Å². The molecule has 10 heteroatoms. The van der Waals surface area contributed by atoms with Gasteiger partial charge in [-0.15, -0.1) is 0 Å². The molecule has 0 fully saturated rings. The first-order chi connectivity index (χ1) is 9.29. The van der Waals surface area contributed by atoms with Gasteiger partial charge in [0.05, 0.1) is 4.92 Å². The Labute approximate surface area is 113 Å². The van der Waals surface area contributed by atoms with E-state index in [-0.39, 0.29) is 5.69 Å². The second kappa shape index (κ2) is 5.86. The summed E-state index contributed by atoms with van der Waals surface area (Å²) in [5.74, 6) is 0. The zero-order valence-corrected chi connectivity index (χ0v) is 10.9. The Morgan fingerprint density at radius 2 is 1.95 bits per heavy atom. The molecule has 0 saturated carbocycles. The first-order valence-corrected chi connectivity index (χ1v) is 6.87. The topological polar surface area (TPSA) is 150 Å². The Morgan fingerprint density at radius 3 is 2.40 bits per heavy atom. The molecular formula is C10H7N5O4S. The van der Waals surface area contributed by atoms with Crippen LogP contribution < -0.4 is 0 Å². The van der Waals surface area contributed by atoms with Gasteiger partial charge < -0.3 is 0 Å². The van der Waals surface area contributed by atoms with Crippen molar-refractivity contribution in [2.24, 2.45) is 10.2 Å². The van der Waals surface area contributed by atoms with Crippen LogP contribution in [-0.4, -0.2) is 25.6 Å². The van der Waals surface area contributed by atoms with Crippen molar-refractivity contribution >= 4 is 21.2 Å². The van der Waals surface area contributed by atoms with Crippen molar-refractivity contribution in [2.45, 2.75) is 10.9 Å². The zero-order valence-electron chi connectivity index (χ0n) is 10.1. The summed E-state index contributed by atoms with van der Waals surface area (Å²) in [7, 11) is -3.77. The fourth-order valence-electron chi connectivity index (χ4n) is 1.20. The highest BCUT2D eigenvalue weighted by molar-refractivity contribution is 7.90. The summed E-state index contributed by atoms with van der Waals surface area (Å²) < 4.78 is 23.1. The zero-order chi connectivity index (χ0) is 15.3. The molecule has 0 radical (unpaired) electrons. The number of nitro benzene ring substituents is 1. The quantitative estimate of drug-likeness (QED) is 0.466. The number of azo groups is 1. The molecule has 20 heavy (non-hydrogen) atoms. The van der Waals surface area contributed by atoms with Gasteiger partial charge in [-0.2, -0.15) is 20.8 Å². The van der Waals surface area contributed by atoms with Gasteiger partial charge in [0.15, 0.2) is 9.84 Å². The molecule has 1 aromatic rings. The van der Waals surface area contributed by atoms with Crippen molar-refractivity contribution < 1.29 is 13.3 Å². The molecule has 9 nitrogen and oxygen atoms in total. The molecule has 0 aliphatic heterocycles. The van der Waals surface area contributed by atoms with Crippen LogP contribution in [0.5, 0.6) is 0 Å². The van der Waals surface area contributed by atoms with E-state index in [1.807, 2.05) is 0 Å². The van der Waals surface area contributed by atoms with Crippen LogP contribution in [0.25, 0.3) is 0 Å². The molecule has 1 aromatic carbocycles. The highest BCUT2D eigenvalue weighted by Gasteiger charge is 2.18. The summed E-state index contributed by atoms with van der Waals surface area (Å²) in [6.07, 6.45) is 0.858. The minimum atomic E-state index is -3.77. The van der Waals surface area contributed by atoms with E-state index < -0.39 is 31.4 Å². The molecule has 0 N–H and O–H groups in total. The number of hydrogen-bond acceptors (Lipinski definition) is 8. The minimum Gasteiger partial charge on any atom is -0.258 e. The van der Waals surface area contributed by atoms with E-state index in [9.17, 15) is 18.5 Å². The molecule has 0 bridgehead atoms. The number of nitriles is 2. The largest absolute Gasteiger partial charge is 0.270 e. The van der Waals surface area contributed by atoms with Gasteiger partial charge >= 0.3 is 0 Å². The summed E-state index contributed by atoms with van der Waals surface area (Å²) in [5.41, 5.74) is -0.588. The van der Waals surface area contributed by atoms with Gasteiger partial charge in [0.25, 0.3) is 5.69 Å². The van der Waals surface area contributed by atoms with Crippen molar-refractivity contribution in [3.05, 3.63) is 28.3 Å². The van der Waals surface area contributed by atoms with E-state index in [4.69, 9.17) is 10.5 Å². The molecule has 0 atom stereocenters. The Hall–Kier alpha value is -2.85. The summed E-state index contributed by atoms with van der Waals surface area (Å²) >= 11 is 0. The number of non-ortho nitro benzene ring substituents is 1. The summed E-state index contributed by atoms with van der Waals surface area (Å²) in [6.45, 7) is 0. The molecule has 0 aliphatic rings. The van der Waals surface area contributed by atoms with Gasteiger partial charge in [0.1, 0.15) is 22.7 Å². The average molecular weight is 293 g/mol. The number of hydrogen-bond donors (Lipinski definition) is 0. The summed E-state index contributed by atoms with van der Waals surface area (Å²) in [6, 6.07) is 4.67. The second-order valence-corrected chi connectivity index (χ2v) is 5.54. The molecule has 1 rings (SSSR count). The Balaban J connectivity index is 3.39. The summed E-state index contributed by atoms with van der Waals surface area (Å²) in [4.78, 5) is 9.48. The maximum atomic E-state index is 11.6. The second-order valence-electron chi connectivity index (χ2n) is 3.56. The molecule has 0 aromatic heterocycles. The van der Waals surface area contributed by atoms with Crippen molar-refractivity contribution in [1.82, 2.24) is 0 Å². The smallest absolute Gasteiger partial charge is 0.258 e. The number of sulfone groups is 1. The van der Waals surface area contributed by atoms with E-state index in [0.29, 0.717) is 0 Å². The maximum Gasteiger partial charge on any atom is 0.270 e. The molecule has 0 aliphatic carbocycles. The van der Waals surface area contributed by atoms with Crippen molar-refractivity contribution in [3.8, 4) is 12.1 Å². The number of benzene rings is 1. The minimum absolute atomic E-state index is 0.173. The molecule has 0 saturated heterocycles. The lowest BCUT2D eigenvalue weighted by atomic mass is 10.3. The summed E-state index contributed by atoms with van der Waals surface area (Å²) in [5, 5.41) is 34.5. The average Bonchev–Trinajstić information content (AvgIpc) is 2.38. The normalized spacial score (nSPS) is 11.2. The van der Waals surface area contributed by atoms with E-state index in [0.717, 1.165) is 24.5 Å². The molecule has 102 valence electrons. The standard InChI is InChI=1S/C10H7N5O4S/c1-20(18,19)10-4-8(15(16)17)2-3-9(10)14-13-7(5-11)6-12/h2-4,7H,1H3. The third-order valence-corrected chi connectivity index (χ3v) is 3.21. The van der Waals surface area contributed by atoms with Gasteiger partial charge in [0, 0.05) is 18.4 Å². The molecule has 0 spiro atoms. The van der Waals surface area contributed by atoms with Crippen LogP contribution in [0.15, 0.2) is 33.3 Å². The van der Waals surface area contributed by atoms with Crippen LogP contribution in [0, 0.1) is 32.8 Å². The molecule has 0 heterocycles. The fourth-order valence-corrected chi connectivity index (χ4v) is 2.02. The SMILES string of the molecule is CS(=O)(=O)c1cc([N+](=O)[O-])ccc1N=NC(C#N)C#N. The number of rotatable bonds is 4. The molecule has 0 unspecified atom stereocenters. The van der Waals surface area contributed by atoms with Crippen LogP contribution in [-0.2, 0) is 9.84 Å². The first-order valence-electron chi connectivity index (χ1n) is 4.98. The monoisotopic (exact) mass is 293 g/mol. The van der Waals surface area contributed by atoms with Crippen LogP contribution in [0.3, 0.4) is 0 Å². The Bertz CT molecular complexity index is 743. The lowest BCUT2D eigenvalue weighted by Crippen LogP contribution is -2.00. The van der Waals surface area contributed by atoms with E-state index >= 15 is 0 Å². The van der Waals surface area contributed by atoms with Crippen LogP contribution in [0.2, 0.25) is 0 Å². The van der Waals surface area contributed by atoms with Crippen molar-refractivity contribution in [2.75, 3.05) is 6.26 Å². The van der Waals surface area contributed by atoms with Gasteiger partial charge in [-0.1, -0.05) is 0 Å². The van der Waals surface area contributed by atoms with Gasteiger partial charge in [-0.25, -0.2) is 8.42 Å². The van der Waals surface area contributed by atoms with E-state index in [1.54, 1.807) is 0 Å². The third kappa shape index (κ3) is 3.57. The van der Waals surface area contributed by atoms with E-state index in [1.165, 1.54) is 12.1 Å². The first kappa shape index (κ1) is 15.2. The molecule has 0 amide bonds. The van der Waals surface area contributed by atoms with Gasteiger partial charge in [0.2, 0.25) is 6.04 Å². The number of nitro groups is 1. The Morgan fingerprint density at radius 1 is 1.35 bits per heavy atom. The fraction of sp³-hybridized carbons (Fsp3) is 0.200. The highest BCUT2D eigenvalue weighted by atomic mass is 32.2. The Kier molecular flexibility index (Phi) is 4.46. The number of nitrogens with zero attached hydrogens (tertiary/aromatic N) is 5. The van der Waals surface area contributed by atoms with Crippen LogP contribution in [0.4, 0.5) is 11.4 Å². The predicted molar refractivity (Wildman–Crippen MR) is 65.7 cm³/mol. The van der Waals surface area contributed by atoms with Crippen molar-refractivity contribution in [1.29, 1.82) is 10.5 Å². The van der Waals surface area contributed by atoms with Gasteiger partial charge in [-0.05, 0) is 6.07 Å².